The lowest BCUT2D eigenvalue weighted by Crippen LogP contribution is -2.38. The monoisotopic (exact) mass is 266 g/mol. The second-order valence-corrected chi connectivity index (χ2v) is 5.55. The number of aromatic nitrogens is 2. The smallest absolute Gasteiger partial charge is 0.279 e. The van der Waals surface area contributed by atoms with Crippen LogP contribution >= 0.6 is 0 Å². The van der Waals surface area contributed by atoms with Gasteiger partial charge in [0, 0.05) is 12.0 Å². The first-order chi connectivity index (χ1) is 8.81. The maximum absolute atomic E-state index is 12.1. The summed E-state index contributed by atoms with van der Waals surface area (Å²) in [5.74, 6) is 4.53. The van der Waals surface area contributed by atoms with Crippen molar-refractivity contribution in [1.29, 1.82) is 0 Å². The molecular formula is C13H22N4O2. The molecule has 1 heterocycles. The van der Waals surface area contributed by atoms with E-state index in [-0.39, 0.29) is 11.0 Å². The van der Waals surface area contributed by atoms with Gasteiger partial charge in [-0.05, 0) is 12.5 Å². The number of carbonyl (C=O) groups excluding carboxylic acids is 1. The van der Waals surface area contributed by atoms with Crippen molar-refractivity contribution < 1.29 is 4.79 Å². The summed E-state index contributed by atoms with van der Waals surface area (Å²) in [4.78, 5) is 23.8. The third kappa shape index (κ3) is 3.64. The molecule has 3 N–H and O–H groups in total. The van der Waals surface area contributed by atoms with Crippen molar-refractivity contribution in [1.82, 2.24) is 15.2 Å². The predicted molar refractivity (Wildman–Crippen MR) is 73.8 cm³/mol. The molecule has 0 aliphatic carbocycles. The Hall–Kier alpha value is -1.69. The number of aryl methyl sites for hydroxylation is 1. The molecule has 0 aliphatic rings. The molecule has 0 bridgehead atoms. The summed E-state index contributed by atoms with van der Waals surface area (Å²) in [6, 6.07) is 1.52. The summed E-state index contributed by atoms with van der Waals surface area (Å²) < 4.78 is 1.36. The third-order valence-corrected chi connectivity index (χ3v) is 2.84. The van der Waals surface area contributed by atoms with Crippen molar-refractivity contribution in [3.63, 3.8) is 0 Å². The molecule has 6 heteroatoms. The maximum atomic E-state index is 12.1. The van der Waals surface area contributed by atoms with Gasteiger partial charge in [0.1, 0.15) is 5.56 Å². The van der Waals surface area contributed by atoms with E-state index in [9.17, 15) is 9.59 Å². The first-order valence-electron chi connectivity index (χ1n) is 6.44. The molecule has 0 saturated carbocycles. The van der Waals surface area contributed by atoms with Crippen LogP contribution in [0, 0.1) is 0 Å². The molecule has 0 unspecified atom stereocenters. The Bertz CT molecular complexity index is 514. The van der Waals surface area contributed by atoms with Crippen molar-refractivity contribution in [2.75, 3.05) is 0 Å². The summed E-state index contributed by atoms with van der Waals surface area (Å²) in [5.41, 5.74) is 2.10. The van der Waals surface area contributed by atoms with E-state index in [2.05, 4.69) is 5.10 Å². The van der Waals surface area contributed by atoms with E-state index in [0.717, 1.165) is 12.8 Å². The molecule has 0 aromatic carbocycles. The molecule has 6 nitrogen and oxygen atoms in total. The minimum atomic E-state index is -0.580. The summed E-state index contributed by atoms with van der Waals surface area (Å²) in [6.45, 7) is 8.48. The number of unbranched alkanes of at least 4 members (excludes halogenated alkanes) is 1. The number of nitrogens with one attached hydrogen (secondary N) is 1. The molecule has 1 amide bonds. The average molecular weight is 266 g/mol. The van der Waals surface area contributed by atoms with E-state index in [1.54, 1.807) is 0 Å². The number of hydrazine groups is 1. The zero-order valence-electron chi connectivity index (χ0n) is 12.0. The molecular weight excluding hydrogens is 244 g/mol. The van der Waals surface area contributed by atoms with Crippen LogP contribution in [0.2, 0.25) is 0 Å². The molecule has 106 valence electrons. The first-order valence-corrected chi connectivity index (χ1v) is 6.44. The molecule has 0 spiro atoms. The SMILES string of the molecule is CCCCn1nc(C(C)(C)C)cc(C(=O)NN)c1=O. The fourth-order valence-electron chi connectivity index (χ4n) is 1.61. The van der Waals surface area contributed by atoms with Gasteiger partial charge in [0.2, 0.25) is 0 Å². The van der Waals surface area contributed by atoms with Crippen LogP contribution in [0.15, 0.2) is 10.9 Å². The van der Waals surface area contributed by atoms with Crippen LogP contribution in [0.4, 0.5) is 0 Å². The normalized spacial score (nSPS) is 11.4. The van der Waals surface area contributed by atoms with Crippen LogP contribution in [0.3, 0.4) is 0 Å². The fourth-order valence-corrected chi connectivity index (χ4v) is 1.61. The number of nitrogens with two attached hydrogens (primary N) is 1. The molecule has 1 aromatic rings. The van der Waals surface area contributed by atoms with E-state index < -0.39 is 11.5 Å². The van der Waals surface area contributed by atoms with Gasteiger partial charge in [0.15, 0.2) is 0 Å². The fraction of sp³-hybridized carbons (Fsp3) is 0.615. The quantitative estimate of drug-likeness (QED) is 0.482. The standard InChI is InChI=1S/C13H22N4O2/c1-5-6-7-17-12(19)9(11(18)15-14)8-10(16-17)13(2,3)4/h8H,5-7,14H2,1-4H3,(H,15,18). The minimum Gasteiger partial charge on any atom is -0.290 e. The molecule has 1 rings (SSSR count). The van der Waals surface area contributed by atoms with Gasteiger partial charge < -0.3 is 0 Å². The number of nitrogen functional groups attached to an aromatic ring is 1. The van der Waals surface area contributed by atoms with E-state index in [1.165, 1.54) is 10.7 Å². The largest absolute Gasteiger partial charge is 0.290 e. The van der Waals surface area contributed by atoms with Crippen molar-refractivity contribution in [2.24, 2.45) is 5.84 Å². The van der Waals surface area contributed by atoms with Crippen LogP contribution in [0.25, 0.3) is 0 Å². The van der Waals surface area contributed by atoms with E-state index in [0.29, 0.717) is 12.2 Å². The highest BCUT2D eigenvalue weighted by Crippen LogP contribution is 2.19. The molecule has 0 fully saturated rings. The van der Waals surface area contributed by atoms with Gasteiger partial charge in [0.25, 0.3) is 11.5 Å². The molecule has 0 aliphatic heterocycles. The highest BCUT2D eigenvalue weighted by molar-refractivity contribution is 5.93. The number of carbonyl (C=O) groups is 1. The molecule has 0 saturated heterocycles. The molecule has 0 radical (unpaired) electrons. The Morgan fingerprint density at radius 1 is 1.47 bits per heavy atom. The van der Waals surface area contributed by atoms with Crippen LogP contribution in [0.5, 0.6) is 0 Å². The van der Waals surface area contributed by atoms with Gasteiger partial charge in [-0.25, -0.2) is 10.5 Å². The van der Waals surface area contributed by atoms with Gasteiger partial charge in [-0.2, -0.15) is 5.10 Å². The lowest BCUT2D eigenvalue weighted by atomic mass is 9.91. The maximum Gasteiger partial charge on any atom is 0.279 e. The third-order valence-electron chi connectivity index (χ3n) is 2.84. The Morgan fingerprint density at radius 3 is 2.58 bits per heavy atom. The average Bonchev–Trinajstić information content (AvgIpc) is 2.35. The topological polar surface area (TPSA) is 90.0 Å². The molecule has 19 heavy (non-hydrogen) atoms. The highest BCUT2D eigenvalue weighted by atomic mass is 16.2. The van der Waals surface area contributed by atoms with Crippen molar-refractivity contribution in [3.05, 3.63) is 27.7 Å². The molecule has 1 aromatic heterocycles. The lowest BCUT2D eigenvalue weighted by molar-refractivity contribution is 0.0950. The Kier molecular flexibility index (Phi) is 4.83. The van der Waals surface area contributed by atoms with Gasteiger partial charge in [-0.15, -0.1) is 0 Å². The van der Waals surface area contributed by atoms with Gasteiger partial charge in [-0.3, -0.25) is 15.0 Å². The van der Waals surface area contributed by atoms with Gasteiger partial charge in [0.05, 0.1) is 5.69 Å². The van der Waals surface area contributed by atoms with Gasteiger partial charge >= 0.3 is 0 Å². The number of nitrogens with zero attached hydrogens (tertiary/aromatic N) is 2. The van der Waals surface area contributed by atoms with E-state index >= 15 is 0 Å². The Morgan fingerprint density at radius 2 is 2.11 bits per heavy atom. The van der Waals surface area contributed by atoms with Crippen molar-refractivity contribution in [3.8, 4) is 0 Å². The number of hydrogen-bond donors (Lipinski definition) is 2. The number of hydrogen-bond acceptors (Lipinski definition) is 4. The zero-order chi connectivity index (χ0) is 14.6. The highest BCUT2D eigenvalue weighted by Gasteiger charge is 2.21. The minimum absolute atomic E-state index is 0.0403. The van der Waals surface area contributed by atoms with Crippen molar-refractivity contribution in [2.45, 2.75) is 52.5 Å². The number of amides is 1. The molecule has 0 atom stereocenters. The van der Waals surface area contributed by atoms with Crippen molar-refractivity contribution >= 4 is 5.91 Å². The van der Waals surface area contributed by atoms with Crippen LogP contribution in [-0.2, 0) is 12.0 Å². The first kappa shape index (κ1) is 15.4. The van der Waals surface area contributed by atoms with Crippen LogP contribution < -0.4 is 16.8 Å². The zero-order valence-corrected chi connectivity index (χ0v) is 12.0. The second-order valence-electron chi connectivity index (χ2n) is 5.55. The van der Waals surface area contributed by atoms with Crippen LogP contribution in [-0.4, -0.2) is 15.7 Å². The Labute approximate surface area is 113 Å². The predicted octanol–water partition coefficient (Wildman–Crippen LogP) is 0.944. The van der Waals surface area contributed by atoms with E-state index in [4.69, 9.17) is 5.84 Å². The lowest BCUT2D eigenvalue weighted by Gasteiger charge is -2.19. The van der Waals surface area contributed by atoms with Gasteiger partial charge in [-0.1, -0.05) is 34.1 Å². The summed E-state index contributed by atoms with van der Waals surface area (Å²) in [7, 11) is 0. The Balaban J connectivity index is 3.38. The second kappa shape index (κ2) is 5.97. The number of rotatable bonds is 4. The summed E-state index contributed by atoms with van der Waals surface area (Å²) in [5, 5.41) is 4.34. The summed E-state index contributed by atoms with van der Waals surface area (Å²) in [6.07, 6.45) is 1.79. The van der Waals surface area contributed by atoms with Crippen LogP contribution in [0.1, 0.15) is 56.6 Å². The van der Waals surface area contributed by atoms with E-state index in [1.807, 2.05) is 33.1 Å². The summed E-state index contributed by atoms with van der Waals surface area (Å²) >= 11 is 0.